The number of hydrogen-bond acceptors (Lipinski definition) is 3. The molecule has 0 aromatic carbocycles. The Hall–Kier alpha value is -1.50. The van der Waals surface area contributed by atoms with Crippen LogP contribution in [-0.4, -0.2) is 44.8 Å². The topological polar surface area (TPSA) is 58.4 Å². The quantitative estimate of drug-likeness (QED) is 0.906. The second kappa shape index (κ2) is 5.61. The summed E-state index contributed by atoms with van der Waals surface area (Å²) >= 11 is 0. The average Bonchev–Trinajstić information content (AvgIpc) is 3.19. The maximum atomic E-state index is 13.8. The zero-order chi connectivity index (χ0) is 15.9. The molecule has 2 fully saturated rings. The highest BCUT2D eigenvalue weighted by atomic mass is 19.3. The maximum absolute atomic E-state index is 13.8. The molecule has 1 saturated heterocycles. The lowest BCUT2D eigenvalue weighted by atomic mass is 9.95. The van der Waals surface area contributed by atoms with Crippen molar-refractivity contribution in [3.05, 3.63) is 17.5 Å². The Bertz CT molecular complexity index is 569. The number of halogens is 2. The van der Waals surface area contributed by atoms with E-state index in [1.54, 1.807) is 4.90 Å². The third-order valence-corrected chi connectivity index (χ3v) is 4.38. The lowest BCUT2D eigenvalue weighted by Gasteiger charge is -2.35. The molecule has 5 nitrogen and oxygen atoms in total. The summed E-state index contributed by atoms with van der Waals surface area (Å²) in [7, 11) is 0. The number of carbonyl (C=O) groups is 1. The number of aliphatic carboxylic acids is 1. The van der Waals surface area contributed by atoms with Gasteiger partial charge in [0.1, 0.15) is 0 Å². The number of hydrogen-bond donors (Lipinski definition) is 1. The van der Waals surface area contributed by atoms with Gasteiger partial charge in [-0.2, -0.15) is 5.10 Å². The van der Waals surface area contributed by atoms with Gasteiger partial charge in [-0.3, -0.25) is 14.4 Å². The fourth-order valence-corrected chi connectivity index (χ4v) is 3.18. The van der Waals surface area contributed by atoms with Crippen LogP contribution in [0.3, 0.4) is 0 Å². The predicted octanol–water partition coefficient (Wildman–Crippen LogP) is 2.32. The first kappa shape index (κ1) is 15.4. The molecule has 1 N–H and O–H groups in total. The van der Waals surface area contributed by atoms with E-state index in [2.05, 4.69) is 5.10 Å². The summed E-state index contributed by atoms with van der Waals surface area (Å²) in [6.45, 7) is 2.88. The van der Waals surface area contributed by atoms with Crippen LogP contribution in [0.2, 0.25) is 0 Å². The lowest BCUT2D eigenvalue weighted by molar-refractivity contribution is -0.153. The van der Waals surface area contributed by atoms with Gasteiger partial charge in [0.25, 0.3) is 5.92 Å². The van der Waals surface area contributed by atoms with Crippen molar-refractivity contribution < 1.29 is 18.7 Å². The molecule has 3 rings (SSSR count). The Kier molecular flexibility index (Phi) is 3.92. The molecule has 0 bridgehead atoms. The van der Waals surface area contributed by atoms with E-state index >= 15 is 0 Å². The maximum Gasteiger partial charge on any atom is 0.308 e. The van der Waals surface area contributed by atoms with Crippen LogP contribution in [-0.2, 0) is 17.9 Å². The SMILES string of the molecule is CCn1cc(CN2CC(C(=O)O)CC(F)(F)C2)c(C2CC2)n1. The molecular weight excluding hydrogens is 292 g/mol. The minimum absolute atomic E-state index is 0.173. The lowest BCUT2D eigenvalue weighted by Crippen LogP contribution is -2.48. The Morgan fingerprint density at radius 3 is 2.82 bits per heavy atom. The molecule has 1 atom stereocenters. The minimum atomic E-state index is -2.94. The van der Waals surface area contributed by atoms with Crippen LogP contribution in [0, 0.1) is 5.92 Å². The minimum Gasteiger partial charge on any atom is -0.481 e. The summed E-state index contributed by atoms with van der Waals surface area (Å²) in [5.41, 5.74) is 1.97. The van der Waals surface area contributed by atoms with Gasteiger partial charge in [-0.15, -0.1) is 0 Å². The Morgan fingerprint density at radius 2 is 2.23 bits per heavy atom. The summed E-state index contributed by atoms with van der Waals surface area (Å²) in [6, 6.07) is 0. The third-order valence-electron chi connectivity index (χ3n) is 4.38. The highest BCUT2D eigenvalue weighted by Crippen LogP contribution is 2.41. The fourth-order valence-electron chi connectivity index (χ4n) is 3.18. The van der Waals surface area contributed by atoms with E-state index < -0.39 is 24.2 Å². The number of aryl methyl sites for hydroxylation is 1. The number of rotatable bonds is 5. The van der Waals surface area contributed by atoms with Gasteiger partial charge in [0.15, 0.2) is 0 Å². The predicted molar refractivity (Wildman–Crippen MR) is 75.8 cm³/mol. The van der Waals surface area contributed by atoms with Crippen LogP contribution >= 0.6 is 0 Å². The molecule has 1 saturated carbocycles. The van der Waals surface area contributed by atoms with E-state index in [0.29, 0.717) is 12.5 Å². The molecule has 1 aliphatic heterocycles. The highest BCUT2D eigenvalue weighted by molar-refractivity contribution is 5.70. The van der Waals surface area contributed by atoms with Gasteiger partial charge in [-0.25, -0.2) is 8.78 Å². The second-order valence-electron chi connectivity index (χ2n) is 6.43. The zero-order valence-electron chi connectivity index (χ0n) is 12.6. The van der Waals surface area contributed by atoms with Crippen LogP contribution in [0.15, 0.2) is 6.20 Å². The van der Waals surface area contributed by atoms with Crippen molar-refractivity contribution in [1.29, 1.82) is 0 Å². The number of alkyl halides is 2. The van der Waals surface area contributed by atoms with E-state index in [9.17, 15) is 13.6 Å². The molecule has 0 spiro atoms. The Morgan fingerprint density at radius 1 is 1.50 bits per heavy atom. The van der Waals surface area contributed by atoms with E-state index in [4.69, 9.17) is 5.11 Å². The standard InChI is InChI=1S/C15H21F2N3O2/c1-2-20-8-12(13(18-20)10-3-4-10)7-19-6-11(14(21)22)5-15(16,17)9-19/h8,10-11H,2-7,9H2,1H3,(H,21,22). The molecule has 0 amide bonds. The normalized spacial score (nSPS) is 25.3. The van der Waals surface area contributed by atoms with Crippen LogP contribution < -0.4 is 0 Å². The first-order valence-corrected chi connectivity index (χ1v) is 7.77. The molecule has 2 aliphatic rings. The van der Waals surface area contributed by atoms with Crippen molar-refractivity contribution in [2.45, 2.75) is 51.1 Å². The van der Waals surface area contributed by atoms with Crippen molar-refractivity contribution in [2.75, 3.05) is 13.1 Å². The Labute approximate surface area is 127 Å². The molecule has 1 unspecified atom stereocenters. The van der Waals surface area contributed by atoms with Gasteiger partial charge in [0, 0.05) is 43.7 Å². The number of aromatic nitrogens is 2. The summed E-state index contributed by atoms with van der Waals surface area (Å²) in [6.07, 6.45) is 3.54. The summed E-state index contributed by atoms with van der Waals surface area (Å²) < 4.78 is 29.4. The number of likely N-dealkylation sites (tertiary alicyclic amines) is 1. The van der Waals surface area contributed by atoms with Gasteiger partial charge in [-0.1, -0.05) is 0 Å². The van der Waals surface area contributed by atoms with Crippen LogP contribution in [0.4, 0.5) is 8.78 Å². The largest absolute Gasteiger partial charge is 0.481 e. The fraction of sp³-hybridized carbons (Fsp3) is 0.733. The van der Waals surface area contributed by atoms with E-state index in [0.717, 1.165) is 30.6 Å². The van der Waals surface area contributed by atoms with Gasteiger partial charge in [-0.05, 0) is 19.8 Å². The van der Waals surface area contributed by atoms with Crippen LogP contribution in [0.25, 0.3) is 0 Å². The third kappa shape index (κ3) is 3.29. The second-order valence-corrected chi connectivity index (χ2v) is 6.43. The van der Waals surface area contributed by atoms with Gasteiger partial charge in [0.05, 0.1) is 18.2 Å². The number of nitrogens with zero attached hydrogens (tertiary/aromatic N) is 3. The van der Waals surface area contributed by atoms with Gasteiger partial charge in [0.2, 0.25) is 0 Å². The summed E-state index contributed by atoms with van der Waals surface area (Å²) in [5, 5.41) is 13.6. The molecule has 1 aromatic heterocycles. The monoisotopic (exact) mass is 313 g/mol. The molecule has 22 heavy (non-hydrogen) atoms. The molecular formula is C15H21F2N3O2. The van der Waals surface area contributed by atoms with Crippen molar-refractivity contribution in [2.24, 2.45) is 5.92 Å². The molecule has 1 aromatic rings. The summed E-state index contributed by atoms with van der Waals surface area (Å²) in [4.78, 5) is 12.7. The van der Waals surface area contributed by atoms with Crippen molar-refractivity contribution >= 4 is 5.97 Å². The highest BCUT2D eigenvalue weighted by Gasteiger charge is 2.43. The molecule has 7 heteroatoms. The van der Waals surface area contributed by atoms with E-state index in [1.165, 1.54) is 0 Å². The molecule has 0 radical (unpaired) electrons. The molecule has 2 heterocycles. The summed E-state index contributed by atoms with van der Waals surface area (Å²) in [5.74, 6) is -4.64. The van der Waals surface area contributed by atoms with E-state index in [-0.39, 0.29) is 13.1 Å². The van der Waals surface area contributed by atoms with Crippen molar-refractivity contribution in [3.8, 4) is 0 Å². The number of carboxylic acids is 1. The number of carboxylic acid groups (broad SMARTS) is 1. The van der Waals surface area contributed by atoms with Crippen molar-refractivity contribution in [3.63, 3.8) is 0 Å². The molecule has 1 aliphatic carbocycles. The van der Waals surface area contributed by atoms with Gasteiger partial charge < -0.3 is 5.11 Å². The van der Waals surface area contributed by atoms with Gasteiger partial charge >= 0.3 is 5.97 Å². The first-order chi connectivity index (χ1) is 10.4. The molecule has 122 valence electrons. The smallest absolute Gasteiger partial charge is 0.308 e. The van der Waals surface area contributed by atoms with Crippen LogP contribution in [0.1, 0.15) is 43.4 Å². The zero-order valence-corrected chi connectivity index (χ0v) is 12.6. The van der Waals surface area contributed by atoms with Crippen molar-refractivity contribution in [1.82, 2.24) is 14.7 Å². The Balaban J connectivity index is 1.77. The average molecular weight is 313 g/mol. The number of piperidine rings is 1. The van der Waals surface area contributed by atoms with E-state index in [1.807, 2.05) is 17.8 Å². The van der Waals surface area contributed by atoms with Crippen LogP contribution in [0.5, 0.6) is 0 Å². The first-order valence-electron chi connectivity index (χ1n) is 7.77.